The van der Waals surface area contributed by atoms with E-state index in [1.54, 1.807) is 23.5 Å². The Labute approximate surface area is 98.0 Å². The smallest absolute Gasteiger partial charge is 0.258 e. The Morgan fingerprint density at radius 1 is 1.50 bits per heavy atom. The topological polar surface area (TPSA) is 43.1 Å². The minimum Gasteiger partial charge on any atom is -0.258 e. The van der Waals surface area contributed by atoms with E-state index in [1.807, 2.05) is 13.0 Å². The van der Waals surface area contributed by atoms with Crippen molar-refractivity contribution >= 4 is 49.7 Å². The molecule has 0 radical (unpaired) electrons. The summed E-state index contributed by atoms with van der Waals surface area (Å²) in [5, 5.41) is 11.6. The van der Waals surface area contributed by atoms with Crippen molar-refractivity contribution in [3.63, 3.8) is 0 Å². The number of thiophene rings is 1. The van der Waals surface area contributed by atoms with Crippen LogP contribution in [0.2, 0.25) is 0 Å². The van der Waals surface area contributed by atoms with Gasteiger partial charge in [0.2, 0.25) is 0 Å². The lowest BCUT2D eigenvalue weighted by molar-refractivity contribution is -0.384. The molecule has 2 rings (SSSR count). The molecular formula is C9H6INO2S. The van der Waals surface area contributed by atoms with Gasteiger partial charge in [-0.2, -0.15) is 0 Å². The van der Waals surface area contributed by atoms with E-state index >= 15 is 0 Å². The molecule has 0 unspecified atom stereocenters. The van der Waals surface area contributed by atoms with Crippen molar-refractivity contribution in [2.75, 3.05) is 0 Å². The molecule has 1 heterocycles. The quantitative estimate of drug-likeness (QED) is 0.457. The van der Waals surface area contributed by atoms with Crippen LogP contribution in [-0.4, -0.2) is 4.92 Å². The second kappa shape index (κ2) is 3.47. The highest BCUT2D eigenvalue weighted by Gasteiger charge is 2.11. The summed E-state index contributed by atoms with van der Waals surface area (Å²) in [6.45, 7) is 2.03. The van der Waals surface area contributed by atoms with E-state index in [9.17, 15) is 10.1 Å². The largest absolute Gasteiger partial charge is 0.270 e. The molecule has 0 N–H and O–H groups in total. The summed E-state index contributed by atoms with van der Waals surface area (Å²) in [7, 11) is 0. The lowest BCUT2D eigenvalue weighted by atomic mass is 10.2. The number of hydrogen-bond donors (Lipinski definition) is 0. The highest BCUT2D eigenvalue weighted by atomic mass is 127. The Morgan fingerprint density at radius 2 is 2.21 bits per heavy atom. The van der Waals surface area contributed by atoms with Crippen molar-refractivity contribution < 1.29 is 4.92 Å². The SMILES string of the molecule is Cc1sc2ccc([N+](=O)[O-])cc2c1I. The van der Waals surface area contributed by atoms with E-state index in [4.69, 9.17) is 0 Å². The normalized spacial score (nSPS) is 10.7. The molecular weight excluding hydrogens is 313 g/mol. The molecule has 0 aliphatic heterocycles. The van der Waals surface area contributed by atoms with Crippen LogP contribution in [0.4, 0.5) is 5.69 Å². The average molecular weight is 319 g/mol. The monoisotopic (exact) mass is 319 g/mol. The third kappa shape index (κ3) is 1.50. The highest BCUT2D eigenvalue weighted by Crippen LogP contribution is 2.33. The average Bonchev–Trinajstić information content (AvgIpc) is 2.43. The van der Waals surface area contributed by atoms with Gasteiger partial charge < -0.3 is 0 Å². The van der Waals surface area contributed by atoms with Crippen LogP contribution in [0.25, 0.3) is 10.1 Å². The molecule has 1 aromatic heterocycles. The molecule has 1 aromatic carbocycles. The molecule has 0 fully saturated rings. The summed E-state index contributed by atoms with van der Waals surface area (Å²) in [5.74, 6) is 0. The van der Waals surface area contributed by atoms with Crippen molar-refractivity contribution in [2.24, 2.45) is 0 Å². The predicted molar refractivity (Wildman–Crippen MR) is 65.9 cm³/mol. The summed E-state index contributed by atoms with van der Waals surface area (Å²) >= 11 is 3.89. The van der Waals surface area contributed by atoms with Gasteiger partial charge in [-0.3, -0.25) is 10.1 Å². The van der Waals surface area contributed by atoms with E-state index < -0.39 is 0 Å². The first-order valence-corrected chi connectivity index (χ1v) is 5.82. The number of nitro groups is 1. The number of rotatable bonds is 1. The molecule has 5 heteroatoms. The van der Waals surface area contributed by atoms with Crippen LogP contribution in [0.15, 0.2) is 18.2 Å². The van der Waals surface area contributed by atoms with Gasteiger partial charge in [-0.25, -0.2) is 0 Å². The number of non-ortho nitro benzene ring substituents is 1. The molecule has 2 aromatic rings. The van der Waals surface area contributed by atoms with Gasteiger partial charge >= 0.3 is 0 Å². The van der Waals surface area contributed by atoms with Gasteiger partial charge in [0.25, 0.3) is 5.69 Å². The van der Waals surface area contributed by atoms with Gasteiger partial charge in [0.1, 0.15) is 0 Å². The van der Waals surface area contributed by atoms with Crippen molar-refractivity contribution in [1.29, 1.82) is 0 Å². The van der Waals surface area contributed by atoms with Crippen LogP contribution in [0.5, 0.6) is 0 Å². The Balaban J connectivity index is 2.76. The maximum absolute atomic E-state index is 10.6. The van der Waals surface area contributed by atoms with Gasteiger partial charge in [-0.15, -0.1) is 11.3 Å². The number of fused-ring (bicyclic) bond motifs is 1. The fraction of sp³-hybridized carbons (Fsp3) is 0.111. The van der Waals surface area contributed by atoms with Crippen molar-refractivity contribution in [3.8, 4) is 0 Å². The fourth-order valence-corrected chi connectivity index (χ4v) is 3.19. The standard InChI is InChI=1S/C9H6INO2S/c1-5-9(10)7-4-6(11(12)13)2-3-8(7)14-5/h2-4H,1H3. The molecule has 0 atom stereocenters. The van der Waals surface area contributed by atoms with E-state index in [1.165, 1.54) is 4.88 Å². The number of aryl methyl sites for hydroxylation is 1. The van der Waals surface area contributed by atoms with Crippen molar-refractivity contribution in [3.05, 3.63) is 36.8 Å². The lowest BCUT2D eigenvalue weighted by Gasteiger charge is -1.92. The molecule has 0 bridgehead atoms. The van der Waals surface area contributed by atoms with Crippen LogP contribution >= 0.6 is 33.9 Å². The zero-order valence-corrected chi connectivity index (χ0v) is 10.3. The lowest BCUT2D eigenvalue weighted by Crippen LogP contribution is -1.86. The first-order chi connectivity index (χ1) is 6.59. The van der Waals surface area contributed by atoms with E-state index in [0.717, 1.165) is 13.7 Å². The number of halogens is 1. The predicted octanol–water partition coefficient (Wildman–Crippen LogP) is 3.72. The molecule has 0 aliphatic carbocycles. The number of nitrogens with zero attached hydrogens (tertiary/aromatic N) is 1. The number of benzene rings is 1. The molecule has 14 heavy (non-hydrogen) atoms. The van der Waals surface area contributed by atoms with Gasteiger partial charge in [0, 0.05) is 30.7 Å². The summed E-state index contributed by atoms with van der Waals surface area (Å²) in [5.41, 5.74) is 0.160. The number of hydrogen-bond acceptors (Lipinski definition) is 3. The molecule has 0 amide bonds. The molecule has 72 valence electrons. The Kier molecular flexibility index (Phi) is 2.44. The third-order valence-electron chi connectivity index (χ3n) is 1.98. The first-order valence-electron chi connectivity index (χ1n) is 3.92. The summed E-state index contributed by atoms with van der Waals surface area (Å²) in [4.78, 5) is 11.4. The van der Waals surface area contributed by atoms with Gasteiger partial charge in [-0.05, 0) is 35.6 Å². The fourth-order valence-electron chi connectivity index (χ4n) is 1.29. The van der Waals surface area contributed by atoms with Crippen LogP contribution in [-0.2, 0) is 0 Å². The molecule has 3 nitrogen and oxygen atoms in total. The summed E-state index contributed by atoms with van der Waals surface area (Å²) in [6.07, 6.45) is 0. The highest BCUT2D eigenvalue weighted by molar-refractivity contribution is 14.1. The second-order valence-corrected chi connectivity index (χ2v) is 5.24. The molecule has 0 spiro atoms. The summed E-state index contributed by atoms with van der Waals surface area (Å²) in [6, 6.07) is 5.00. The zero-order valence-electron chi connectivity index (χ0n) is 7.28. The zero-order chi connectivity index (χ0) is 10.3. The Bertz CT molecular complexity index is 521. The molecule has 0 saturated heterocycles. The van der Waals surface area contributed by atoms with Crippen molar-refractivity contribution in [1.82, 2.24) is 0 Å². The minimum absolute atomic E-state index is 0.160. The van der Waals surface area contributed by atoms with Crippen LogP contribution in [0, 0.1) is 20.6 Å². The minimum atomic E-state index is -0.359. The Hall–Kier alpha value is -0.690. The maximum Gasteiger partial charge on any atom is 0.270 e. The van der Waals surface area contributed by atoms with E-state index in [-0.39, 0.29) is 10.6 Å². The van der Waals surface area contributed by atoms with Gasteiger partial charge in [0.05, 0.1) is 4.92 Å². The maximum atomic E-state index is 10.6. The van der Waals surface area contributed by atoms with Gasteiger partial charge in [-0.1, -0.05) is 0 Å². The second-order valence-electron chi connectivity index (χ2n) is 2.91. The third-order valence-corrected chi connectivity index (χ3v) is 4.82. The molecule has 0 aliphatic rings. The number of nitro benzene ring substituents is 1. The summed E-state index contributed by atoms with van der Waals surface area (Å²) < 4.78 is 2.23. The van der Waals surface area contributed by atoms with E-state index in [2.05, 4.69) is 22.6 Å². The van der Waals surface area contributed by atoms with E-state index in [0.29, 0.717) is 0 Å². The van der Waals surface area contributed by atoms with Crippen LogP contribution < -0.4 is 0 Å². The van der Waals surface area contributed by atoms with Crippen LogP contribution in [0.3, 0.4) is 0 Å². The first kappa shape index (κ1) is 9.85. The van der Waals surface area contributed by atoms with Crippen molar-refractivity contribution in [2.45, 2.75) is 6.92 Å². The van der Waals surface area contributed by atoms with Gasteiger partial charge in [0.15, 0.2) is 0 Å². The Morgan fingerprint density at radius 3 is 2.86 bits per heavy atom. The van der Waals surface area contributed by atoms with Crippen LogP contribution in [0.1, 0.15) is 4.88 Å². The molecule has 0 saturated carbocycles.